The summed E-state index contributed by atoms with van der Waals surface area (Å²) in [5.74, 6) is 0.485. The summed E-state index contributed by atoms with van der Waals surface area (Å²) in [6, 6.07) is 1.38. The molecule has 2 N–H and O–H groups in total. The third kappa shape index (κ3) is 5.52. The summed E-state index contributed by atoms with van der Waals surface area (Å²) in [7, 11) is 0. The highest BCUT2D eigenvalue weighted by atomic mass is 79.9. The molecule has 0 aliphatic rings. The van der Waals surface area contributed by atoms with Crippen molar-refractivity contribution in [3.8, 4) is 0 Å². The van der Waals surface area contributed by atoms with Crippen molar-refractivity contribution in [1.82, 2.24) is 4.98 Å². The summed E-state index contributed by atoms with van der Waals surface area (Å²) < 4.78 is 0.504. The normalized spacial score (nSPS) is 13.1. The van der Waals surface area contributed by atoms with Gasteiger partial charge in [-0.25, -0.2) is 4.98 Å². The fourth-order valence-electron chi connectivity index (χ4n) is 1.65. The van der Waals surface area contributed by atoms with E-state index in [0.717, 1.165) is 0 Å². The van der Waals surface area contributed by atoms with Crippen LogP contribution in [0.3, 0.4) is 0 Å². The van der Waals surface area contributed by atoms with E-state index in [1.165, 1.54) is 12.3 Å². The second-order valence-corrected chi connectivity index (χ2v) is 6.43. The summed E-state index contributed by atoms with van der Waals surface area (Å²) >= 11 is 3.22. The third-order valence-electron chi connectivity index (χ3n) is 2.39. The number of aliphatic hydroxyl groups excluding tert-OH is 1. The van der Waals surface area contributed by atoms with E-state index < -0.39 is 11.0 Å². The van der Waals surface area contributed by atoms with Gasteiger partial charge in [0.05, 0.1) is 15.5 Å². The zero-order valence-electron chi connectivity index (χ0n) is 11.2. The van der Waals surface area contributed by atoms with E-state index in [4.69, 9.17) is 0 Å². The Morgan fingerprint density at radius 3 is 2.68 bits per heavy atom. The molecule has 0 amide bonds. The van der Waals surface area contributed by atoms with Gasteiger partial charge in [0, 0.05) is 12.6 Å². The molecule has 1 atom stereocenters. The van der Waals surface area contributed by atoms with Crippen LogP contribution in [0.5, 0.6) is 0 Å². The van der Waals surface area contributed by atoms with E-state index >= 15 is 0 Å². The lowest BCUT2D eigenvalue weighted by Crippen LogP contribution is -2.25. The van der Waals surface area contributed by atoms with Gasteiger partial charge in [-0.1, -0.05) is 20.8 Å². The first-order valence-electron chi connectivity index (χ1n) is 5.91. The van der Waals surface area contributed by atoms with Gasteiger partial charge in [0.1, 0.15) is 12.0 Å². The zero-order valence-corrected chi connectivity index (χ0v) is 12.8. The van der Waals surface area contributed by atoms with Crippen LogP contribution in [0.15, 0.2) is 16.7 Å². The molecule has 19 heavy (non-hydrogen) atoms. The predicted octanol–water partition coefficient (Wildman–Crippen LogP) is 2.96. The molecule has 0 aliphatic heterocycles. The molecule has 1 heterocycles. The van der Waals surface area contributed by atoms with Crippen LogP contribution in [0.1, 0.15) is 27.2 Å². The number of nitro groups is 1. The van der Waals surface area contributed by atoms with E-state index in [1.54, 1.807) is 0 Å². The number of rotatable bonds is 5. The van der Waals surface area contributed by atoms with Crippen LogP contribution in [0.4, 0.5) is 11.5 Å². The largest absolute Gasteiger partial charge is 0.391 e. The van der Waals surface area contributed by atoms with Crippen LogP contribution in [-0.4, -0.2) is 27.7 Å². The number of nitrogens with zero attached hydrogens (tertiary/aromatic N) is 2. The fraction of sp³-hybridized carbons (Fsp3) is 0.583. The van der Waals surface area contributed by atoms with Gasteiger partial charge in [-0.3, -0.25) is 10.1 Å². The minimum atomic E-state index is -0.504. The average Bonchev–Trinajstić information content (AvgIpc) is 2.24. The van der Waals surface area contributed by atoms with Crippen molar-refractivity contribution in [3.63, 3.8) is 0 Å². The van der Waals surface area contributed by atoms with Gasteiger partial charge in [0.15, 0.2) is 0 Å². The maximum atomic E-state index is 10.6. The maximum absolute atomic E-state index is 10.6. The fourth-order valence-corrected chi connectivity index (χ4v) is 2.13. The number of aliphatic hydroxyl groups is 1. The van der Waals surface area contributed by atoms with Crippen molar-refractivity contribution in [2.45, 2.75) is 33.3 Å². The average molecular weight is 332 g/mol. The Morgan fingerprint density at radius 1 is 1.58 bits per heavy atom. The topological polar surface area (TPSA) is 88.3 Å². The van der Waals surface area contributed by atoms with Crippen molar-refractivity contribution < 1.29 is 10.0 Å². The lowest BCUT2D eigenvalue weighted by atomic mass is 9.89. The van der Waals surface area contributed by atoms with Crippen molar-refractivity contribution >= 4 is 27.4 Å². The van der Waals surface area contributed by atoms with E-state index in [0.29, 0.717) is 23.3 Å². The molecule has 1 aromatic heterocycles. The highest BCUT2D eigenvalue weighted by Crippen LogP contribution is 2.25. The minimum Gasteiger partial charge on any atom is -0.391 e. The first kappa shape index (κ1) is 15.8. The Morgan fingerprint density at radius 2 is 2.21 bits per heavy atom. The quantitative estimate of drug-likeness (QED) is 0.639. The molecular formula is C12H18BrN3O3. The molecule has 0 bridgehead atoms. The number of anilines is 1. The Balaban J connectivity index is 2.61. The van der Waals surface area contributed by atoms with Crippen LogP contribution in [-0.2, 0) is 0 Å². The molecule has 7 heteroatoms. The lowest BCUT2D eigenvalue weighted by molar-refractivity contribution is -0.385. The number of pyridine rings is 1. The Kier molecular flexibility index (Phi) is 5.25. The summed E-state index contributed by atoms with van der Waals surface area (Å²) in [5.41, 5.74) is -0.0333. The number of aromatic nitrogens is 1. The third-order valence-corrected chi connectivity index (χ3v) is 3.00. The molecule has 0 saturated heterocycles. The van der Waals surface area contributed by atoms with Crippen molar-refractivity contribution in [2.24, 2.45) is 5.41 Å². The van der Waals surface area contributed by atoms with Crippen molar-refractivity contribution in [3.05, 3.63) is 26.9 Å². The van der Waals surface area contributed by atoms with E-state index in [1.807, 2.05) is 0 Å². The first-order chi connectivity index (χ1) is 8.69. The van der Waals surface area contributed by atoms with Gasteiger partial charge in [0.25, 0.3) is 5.69 Å². The van der Waals surface area contributed by atoms with Crippen LogP contribution >= 0.6 is 15.9 Å². The smallest absolute Gasteiger partial charge is 0.288 e. The van der Waals surface area contributed by atoms with E-state index in [9.17, 15) is 15.2 Å². The van der Waals surface area contributed by atoms with Gasteiger partial charge in [-0.2, -0.15) is 0 Å². The molecule has 0 saturated carbocycles. The predicted molar refractivity (Wildman–Crippen MR) is 77.2 cm³/mol. The number of hydrogen-bond donors (Lipinski definition) is 2. The Labute approximate surface area is 120 Å². The minimum absolute atomic E-state index is 0.0429. The molecule has 0 aromatic carbocycles. The molecule has 1 rings (SSSR count). The highest BCUT2D eigenvalue weighted by molar-refractivity contribution is 9.10. The molecule has 0 aliphatic carbocycles. The van der Waals surface area contributed by atoms with Gasteiger partial charge >= 0.3 is 0 Å². The molecule has 0 fully saturated rings. The van der Waals surface area contributed by atoms with E-state index in [-0.39, 0.29) is 11.1 Å². The summed E-state index contributed by atoms with van der Waals surface area (Å²) in [6.07, 6.45) is 1.34. The Hall–Kier alpha value is -1.21. The maximum Gasteiger partial charge on any atom is 0.288 e. The summed E-state index contributed by atoms with van der Waals surface area (Å²) in [5, 5.41) is 23.4. The van der Waals surface area contributed by atoms with Crippen molar-refractivity contribution in [1.29, 1.82) is 0 Å². The van der Waals surface area contributed by atoms with Crippen LogP contribution < -0.4 is 5.32 Å². The monoisotopic (exact) mass is 331 g/mol. The van der Waals surface area contributed by atoms with Gasteiger partial charge < -0.3 is 10.4 Å². The first-order valence-corrected chi connectivity index (χ1v) is 6.70. The van der Waals surface area contributed by atoms with Crippen LogP contribution in [0.25, 0.3) is 0 Å². The highest BCUT2D eigenvalue weighted by Gasteiger charge is 2.17. The zero-order chi connectivity index (χ0) is 14.6. The molecule has 0 radical (unpaired) electrons. The second kappa shape index (κ2) is 6.29. The Bertz CT molecular complexity index is 460. The van der Waals surface area contributed by atoms with Gasteiger partial charge in [-0.05, 0) is 27.8 Å². The lowest BCUT2D eigenvalue weighted by Gasteiger charge is -2.22. The molecule has 1 aromatic rings. The molecular weight excluding hydrogens is 314 g/mol. The van der Waals surface area contributed by atoms with Gasteiger partial charge in [0.2, 0.25) is 0 Å². The molecule has 1 unspecified atom stereocenters. The molecule has 6 nitrogen and oxygen atoms in total. The SMILES string of the molecule is CC(C)(C)CC(O)CNc1ncc([N+](=O)[O-])cc1Br. The van der Waals surface area contributed by atoms with Crippen LogP contribution in [0, 0.1) is 15.5 Å². The summed E-state index contributed by atoms with van der Waals surface area (Å²) in [4.78, 5) is 14.0. The number of halogens is 1. The van der Waals surface area contributed by atoms with Crippen LogP contribution in [0.2, 0.25) is 0 Å². The van der Waals surface area contributed by atoms with Crippen molar-refractivity contribution in [2.75, 3.05) is 11.9 Å². The molecule has 0 spiro atoms. The van der Waals surface area contributed by atoms with Gasteiger partial charge in [-0.15, -0.1) is 0 Å². The van der Waals surface area contributed by atoms with E-state index in [2.05, 4.69) is 47.0 Å². The number of nitrogens with one attached hydrogen (secondary N) is 1. The molecule has 106 valence electrons. The summed E-state index contributed by atoms with van der Waals surface area (Å²) in [6.45, 7) is 6.50. The second-order valence-electron chi connectivity index (χ2n) is 5.58. The standard InChI is InChI=1S/C12H18BrN3O3/c1-12(2,3)5-9(17)7-15-11-10(13)4-8(6-14-11)16(18)19/h4,6,9,17H,5,7H2,1-3H3,(H,14,15). The number of hydrogen-bond acceptors (Lipinski definition) is 5.